The van der Waals surface area contributed by atoms with Crippen molar-refractivity contribution < 1.29 is 4.79 Å². The van der Waals surface area contributed by atoms with E-state index in [4.69, 9.17) is 4.99 Å². The zero-order valence-electron chi connectivity index (χ0n) is 20.5. The molecular formula is C26H38N4OS. The van der Waals surface area contributed by atoms with Gasteiger partial charge < -0.3 is 5.32 Å². The van der Waals surface area contributed by atoms with Crippen LogP contribution in [0.1, 0.15) is 97.0 Å². The van der Waals surface area contributed by atoms with E-state index >= 15 is 0 Å². The number of nitrogens with one attached hydrogen (secondary N) is 1. The SMILES string of the molecule is Cc1nn(C)c(C)c1/C=N/c1sc2c(c1C(=O)NC1CCCCC1)CCC(C(C)(C)C)C2. The Morgan fingerprint density at radius 1 is 1.19 bits per heavy atom. The first-order chi connectivity index (χ1) is 15.1. The molecule has 174 valence electrons. The van der Waals surface area contributed by atoms with Crippen molar-refractivity contribution >= 4 is 28.5 Å². The fourth-order valence-electron chi connectivity index (χ4n) is 5.24. The molecule has 0 aromatic carbocycles. The highest BCUT2D eigenvalue weighted by molar-refractivity contribution is 7.16. The second-order valence-corrected chi connectivity index (χ2v) is 11.8. The molecule has 0 bridgehead atoms. The number of amides is 1. The fraction of sp³-hybridized carbons (Fsp3) is 0.654. The van der Waals surface area contributed by atoms with Crippen LogP contribution in [0.5, 0.6) is 0 Å². The lowest BCUT2D eigenvalue weighted by Crippen LogP contribution is -2.36. The zero-order valence-corrected chi connectivity index (χ0v) is 21.4. The summed E-state index contributed by atoms with van der Waals surface area (Å²) in [6.07, 6.45) is 11.0. The average molecular weight is 455 g/mol. The Kier molecular flexibility index (Phi) is 6.62. The molecule has 1 atom stereocenters. The summed E-state index contributed by atoms with van der Waals surface area (Å²) in [4.78, 5) is 19.8. The molecule has 0 saturated heterocycles. The van der Waals surface area contributed by atoms with Crippen LogP contribution in [0.15, 0.2) is 4.99 Å². The maximum Gasteiger partial charge on any atom is 0.254 e. The number of rotatable bonds is 4. The Morgan fingerprint density at radius 3 is 2.53 bits per heavy atom. The normalized spacial score (nSPS) is 20.0. The average Bonchev–Trinajstić information content (AvgIpc) is 3.22. The highest BCUT2D eigenvalue weighted by atomic mass is 32.1. The van der Waals surface area contributed by atoms with E-state index in [2.05, 4.69) is 38.1 Å². The van der Waals surface area contributed by atoms with Crippen LogP contribution in [0.4, 0.5) is 5.00 Å². The van der Waals surface area contributed by atoms with Crippen LogP contribution in [-0.2, 0) is 19.9 Å². The molecule has 2 aliphatic rings. The number of aliphatic imine (C=N–C) groups is 1. The Bertz CT molecular complexity index is 1020. The highest BCUT2D eigenvalue weighted by Crippen LogP contribution is 2.45. The number of carbonyl (C=O) groups is 1. The van der Waals surface area contributed by atoms with E-state index in [-0.39, 0.29) is 11.3 Å². The van der Waals surface area contributed by atoms with Crippen molar-refractivity contribution in [2.45, 2.75) is 92.0 Å². The van der Waals surface area contributed by atoms with Gasteiger partial charge in [0.05, 0.1) is 11.3 Å². The number of aryl methyl sites for hydroxylation is 2. The molecule has 2 heterocycles. The predicted octanol–water partition coefficient (Wildman–Crippen LogP) is 6.06. The van der Waals surface area contributed by atoms with Crippen LogP contribution in [-0.4, -0.2) is 27.9 Å². The van der Waals surface area contributed by atoms with Crippen molar-refractivity contribution in [3.05, 3.63) is 33.0 Å². The molecule has 2 aromatic rings. The van der Waals surface area contributed by atoms with Gasteiger partial charge in [-0.3, -0.25) is 9.48 Å². The van der Waals surface area contributed by atoms with Gasteiger partial charge >= 0.3 is 0 Å². The van der Waals surface area contributed by atoms with Crippen LogP contribution in [0.3, 0.4) is 0 Å². The first-order valence-corrected chi connectivity index (χ1v) is 13.0. The second kappa shape index (κ2) is 9.12. The lowest BCUT2D eigenvalue weighted by atomic mass is 9.72. The van der Waals surface area contributed by atoms with Gasteiger partial charge in [0.2, 0.25) is 0 Å². The summed E-state index contributed by atoms with van der Waals surface area (Å²) in [6.45, 7) is 11.1. The number of thiophene rings is 1. The van der Waals surface area contributed by atoms with Crippen LogP contribution in [0.2, 0.25) is 0 Å². The third kappa shape index (κ3) is 4.70. The summed E-state index contributed by atoms with van der Waals surface area (Å²) in [7, 11) is 1.96. The van der Waals surface area contributed by atoms with Gasteiger partial charge in [0.1, 0.15) is 5.00 Å². The summed E-state index contributed by atoms with van der Waals surface area (Å²) >= 11 is 1.72. The van der Waals surface area contributed by atoms with Crippen LogP contribution in [0, 0.1) is 25.2 Å². The molecule has 0 spiro atoms. The van der Waals surface area contributed by atoms with Crippen molar-refractivity contribution in [3.8, 4) is 0 Å². The molecule has 1 fully saturated rings. The Balaban J connectivity index is 1.68. The van der Waals surface area contributed by atoms with E-state index in [0.29, 0.717) is 12.0 Å². The minimum absolute atomic E-state index is 0.0791. The monoisotopic (exact) mass is 454 g/mol. The summed E-state index contributed by atoms with van der Waals surface area (Å²) < 4.78 is 1.89. The molecule has 2 aromatic heterocycles. The number of fused-ring (bicyclic) bond motifs is 1. The van der Waals surface area contributed by atoms with Gasteiger partial charge in [-0.1, -0.05) is 40.0 Å². The van der Waals surface area contributed by atoms with Gasteiger partial charge in [0.15, 0.2) is 0 Å². The van der Waals surface area contributed by atoms with Crippen molar-refractivity contribution in [1.29, 1.82) is 0 Å². The molecule has 1 saturated carbocycles. The van der Waals surface area contributed by atoms with Gasteiger partial charge in [-0.2, -0.15) is 5.10 Å². The smallest absolute Gasteiger partial charge is 0.254 e. The molecule has 6 heteroatoms. The number of carbonyl (C=O) groups excluding carboxylic acids is 1. The zero-order chi connectivity index (χ0) is 23.0. The molecule has 1 amide bonds. The summed E-state index contributed by atoms with van der Waals surface area (Å²) in [6, 6.07) is 0.303. The van der Waals surface area contributed by atoms with Crippen LogP contribution >= 0.6 is 11.3 Å². The van der Waals surface area contributed by atoms with Gasteiger partial charge in [0.25, 0.3) is 5.91 Å². The third-order valence-electron chi connectivity index (χ3n) is 7.51. The number of hydrogen-bond acceptors (Lipinski definition) is 4. The highest BCUT2D eigenvalue weighted by Gasteiger charge is 2.34. The van der Waals surface area contributed by atoms with Gasteiger partial charge in [-0.05, 0) is 62.8 Å². The maximum atomic E-state index is 13.5. The number of aromatic nitrogens is 2. The molecule has 0 radical (unpaired) electrons. The van der Waals surface area contributed by atoms with Crippen molar-refractivity contribution in [3.63, 3.8) is 0 Å². The molecule has 1 unspecified atom stereocenters. The molecule has 32 heavy (non-hydrogen) atoms. The molecular weight excluding hydrogens is 416 g/mol. The Labute approximate surface area is 196 Å². The quantitative estimate of drug-likeness (QED) is 0.571. The van der Waals surface area contributed by atoms with Crippen LogP contribution in [0.25, 0.3) is 0 Å². The minimum Gasteiger partial charge on any atom is -0.349 e. The Morgan fingerprint density at radius 2 is 1.91 bits per heavy atom. The Hall–Kier alpha value is -1.95. The van der Waals surface area contributed by atoms with Crippen molar-refractivity contribution in [2.75, 3.05) is 0 Å². The molecule has 2 aliphatic carbocycles. The van der Waals surface area contributed by atoms with Gasteiger partial charge in [0, 0.05) is 35.4 Å². The van der Waals surface area contributed by atoms with E-state index in [1.807, 2.05) is 24.9 Å². The molecule has 4 rings (SSSR count). The van der Waals surface area contributed by atoms with Gasteiger partial charge in [-0.25, -0.2) is 4.99 Å². The summed E-state index contributed by atoms with van der Waals surface area (Å²) in [5.74, 6) is 0.720. The minimum atomic E-state index is 0.0791. The summed E-state index contributed by atoms with van der Waals surface area (Å²) in [5.41, 5.74) is 5.46. The maximum absolute atomic E-state index is 13.5. The van der Waals surface area contributed by atoms with E-state index < -0.39 is 0 Å². The lowest BCUT2D eigenvalue weighted by molar-refractivity contribution is 0.0927. The van der Waals surface area contributed by atoms with E-state index in [0.717, 1.165) is 59.6 Å². The first-order valence-electron chi connectivity index (χ1n) is 12.1. The van der Waals surface area contributed by atoms with Crippen LogP contribution < -0.4 is 5.32 Å². The molecule has 1 N–H and O–H groups in total. The number of nitrogens with zero attached hydrogens (tertiary/aromatic N) is 3. The third-order valence-corrected chi connectivity index (χ3v) is 8.68. The van der Waals surface area contributed by atoms with Gasteiger partial charge in [-0.15, -0.1) is 11.3 Å². The second-order valence-electron chi connectivity index (χ2n) is 10.8. The molecule has 5 nitrogen and oxygen atoms in total. The topological polar surface area (TPSA) is 59.3 Å². The van der Waals surface area contributed by atoms with E-state index in [1.54, 1.807) is 11.3 Å². The lowest BCUT2D eigenvalue weighted by Gasteiger charge is -2.34. The molecule has 0 aliphatic heterocycles. The first kappa shape index (κ1) is 23.2. The van der Waals surface area contributed by atoms with Crippen molar-refractivity contribution in [1.82, 2.24) is 15.1 Å². The fourth-order valence-corrected chi connectivity index (χ4v) is 6.51. The van der Waals surface area contributed by atoms with Crippen molar-refractivity contribution in [2.24, 2.45) is 23.4 Å². The van der Waals surface area contributed by atoms with E-state index in [1.165, 1.54) is 29.7 Å². The standard InChI is InChI=1S/C26H38N4OS/c1-16-21(17(2)30(6)29-16)15-27-25-23(24(31)28-19-10-8-7-9-11-19)20-13-12-18(26(3,4)5)14-22(20)32-25/h15,18-19H,7-14H2,1-6H3,(H,28,31)/b27-15+. The largest absolute Gasteiger partial charge is 0.349 e. The number of hydrogen-bond donors (Lipinski definition) is 1. The predicted molar refractivity (Wildman–Crippen MR) is 134 cm³/mol. The summed E-state index contributed by atoms with van der Waals surface area (Å²) in [5, 5.41) is 8.73. The van der Waals surface area contributed by atoms with E-state index in [9.17, 15) is 4.79 Å².